The van der Waals surface area contributed by atoms with Crippen molar-refractivity contribution in [2.75, 3.05) is 4.72 Å². The molecule has 0 unspecified atom stereocenters. The Hall–Kier alpha value is -2.92. The predicted octanol–water partition coefficient (Wildman–Crippen LogP) is 3.66. The Morgan fingerprint density at radius 1 is 1.10 bits per heavy atom. The van der Waals surface area contributed by atoms with Crippen molar-refractivity contribution < 1.29 is 8.42 Å². The maximum absolute atomic E-state index is 12.7. The molecule has 0 saturated heterocycles. The van der Waals surface area contributed by atoms with E-state index in [2.05, 4.69) is 9.71 Å². The molecular formula is C21H19ClN4O2S. The molecule has 1 fully saturated rings. The molecule has 1 aliphatic rings. The quantitative estimate of drug-likeness (QED) is 0.647. The number of nitrogens with two attached hydrogens (primary N) is 1. The number of hydrogen-bond acceptors (Lipinski definition) is 5. The summed E-state index contributed by atoms with van der Waals surface area (Å²) in [5.41, 5.74) is 9.05. The van der Waals surface area contributed by atoms with Crippen molar-refractivity contribution in [3.8, 4) is 17.3 Å². The molecule has 0 radical (unpaired) electrons. The van der Waals surface area contributed by atoms with Crippen LogP contribution in [-0.2, 0) is 10.0 Å². The first kappa shape index (κ1) is 20.8. The van der Waals surface area contributed by atoms with E-state index in [0.29, 0.717) is 11.6 Å². The minimum absolute atomic E-state index is 0. The highest BCUT2D eigenvalue weighted by molar-refractivity contribution is 7.92. The molecule has 0 amide bonds. The lowest BCUT2D eigenvalue weighted by molar-refractivity contribution is 0.601. The average Bonchev–Trinajstić information content (AvgIpc) is 3.44. The van der Waals surface area contributed by atoms with Gasteiger partial charge in [-0.3, -0.25) is 9.71 Å². The number of nitrogens with zero attached hydrogens (tertiary/aromatic N) is 2. The third-order valence-corrected chi connectivity index (χ3v) is 6.20. The molecule has 1 aliphatic carbocycles. The van der Waals surface area contributed by atoms with E-state index in [-0.39, 0.29) is 28.9 Å². The van der Waals surface area contributed by atoms with Gasteiger partial charge in [0.1, 0.15) is 11.0 Å². The van der Waals surface area contributed by atoms with Crippen molar-refractivity contribution in [1.29, 1.82) is 5.26 Å². The van der Waals surface area contributed by atoms with Crippen LogP contribution in [0.2, 0.25) is 0 Å². The molecule has 8 heteroatoms. The molecule has 1 saturated carbocycles. The Kier molecular flexibility index (Phi) is 5.89. The van der Waals surface area contributed by atoms with Gasteiger partial charge in [-0.15, -0.1) is 12.4 Å². The lowest BCUT2D eigenvalue weighted by Gasteiger charge is -2.11. The summed E-state index contributed by atoms with van der Waals surface area (Å²) in [5.74, 6) is 0.389. The Balaban J connectivity index is 0.00000240. The minimum Gasteiger partial charge on any atom is -0.327 e. The van der Waals surface area contributed by atoms with Crippen LogP contribution >= 0.6 is 12.4 Å². The predicted molar refractivity (Wildman–Crippen MR) is 114 cm³/mol. The monoisotopic (exact) mass is 426 g/mol. The molecule has 1 aromatic heterocycles. The van der Waals surface area contributed by atoms with E-state index >= 15 is 0 Å². The van der Waals surface area contributed by atoms with Gasteiger partial charge < -0.3 is 5.73 Å². The molecule has 0 bridgehead atoms. The zero-order valence-corrected chi connectivity index (χ0v) is 17.0. The number of pyridine rings is 1. The van der Waals surface area contributed by atoms with Gasteiger partial charge in [-0.1, -0.05) is 30.3 Å². The number of hydrogen-bond donors (Lipinski definition) is 2. The number of sulfonamides is 1. The van der Waals surface area contributed by atoms with E-state index in [1.54, 1.807) is 30.3 Å². The standard InChI is InChI=1S/C21H18N4O2S.ClH/c22-12-15-4-1-2-7-21(15)28(26,27)25-17-6-3-5-14(10-17)20-9-8-16(13-24-20)18-11-19(18)23;/h1-10,13,18-19,25H,11,23H2;1H/t18-,19+;/m0./s1. The van der Waals surface area contributed by atoms with Gasteiger partial charge in [0.15, 0.2) is 0 Å². The van der Waals surface area contributed by atoms with Crippen LogP contribution in [0.15, 0.2) is 71.8 Å². The number of aromatic nitrogens is 1. The van der Waals surface area contributed by atoms with Gasteiger partial charge in [-0.2, -0.15) is 5.26 Å². The Morgan fingerprint density at radius 2 is 1.86 bits per heavy atom. The van der Waals surface area contributed by atoms with Gasteiger partial charge >= 0.3 is 0 Å². The van der Waals surface area contributed by atoms with Gasteiger partial charge in [-0.05, 0) is 42.3 Å². The van der Waals surface area contributed by atoms with Crippen LogP contribution in [0.3, 0.4) is 0 Å². The summed E-state index contributed by atoms with van der Waals surface area (Å²) in [7, 11) is -3.88. The number of nitriles is 1. The Bertz CT molecular complexity index is 1170. The van der Waals surface area contributed by atoms with Crippen molar-refractivity contribution in [2.24, 2.45) is 5.73 Å². The Morgan fingerprint density at radius 3 is 2.52 bits per heavy atom. The summed E-state index contributed by atoms with van der Waals surface area (Å²) < 4.78 is 27.9. The van der Waals surface area contributed by atoms with Crippen LogP contribution in [0, 0.1) is 11.3 Å². The average molecular weight is 427 g/mol. The number of anilines is 1. The number of nitrogens with one attached hydrogen (secondary N) is 1. The number of rotatable bonds is 5. The van der Waals surface area contributed by atoms with Gasteiger partial charge in [0.2, 0.25) is 0 Å². The number of benzene rings is 2. The smallest absolute Gasteiger partial charge is 0.263 e. The molecule has 148 valence electrons. The van der Waals surface area contributed by atoms with Crippen molar-refractivity contribution in [2.45, 2.75) is 23.3 Å². The van der Waals surface area contributed by atoms with Gasteiger partial charge in [0.25, 0.3) is 10.0 Å². The second-order valence-electron chi connectivity index (χ2n) is 6.78. The lowest BCUT2D eigenvalue weighted by atomic mass is 10.1. The molecule has 3 N–H and O–H groups in total. The molecule has 29 heavy (non-hydrogen) atoms. The molecule has 2 atom stereocenters. The van der Waals surface area contributed by atoms with Crippen LogP contribution in [0.4, 0.5) is 5.69 Å². The zero-order valence-electron chi connectivity index (χ0n) is 15.3. The summed E-state index contributed by atoms with van der Waals surface area (Å²) in [6, 6.07) is 19.2. The van der Waals surface area contributed by atoms with Crippen LogP contribution in [-0.4, -0.2) is 19.4 Å². The zero-order chi connectivity index (χ0) is 19.7. The van der Waals surface area contributed by atoms with Crippen molar-refractivity contribution >= 4 is 28.1 Å². The highest BCUT2D eigenvalue weighted by atomic mass is 35.5. The topological polar surface area (TPSA) is 109 Å². The third-order valence-electron chi connectivity index (χ3n) is 4.76. The summed E-state index contributed by atoms with van der Waals surface area (Å²) >= 11 is 0. The van der Waals surface area contributed by atoms with E-state index in [9.17, 15) is 8.42 Å². The van der Waals surface area contributed by atoms with E-state index < -0.39 is 10.0 Å². The first-order chi connectivity index (χ1) is 13.5. The maximum atomic E-state index is 12.7. The van der Waals surface area contributed by atoms with E-state index in [0.717, 1.165) is 23.2 Å². The largest absolute Gasteiger partial charge is 0.327 e. The normalized spacial score (nSPS) is 17.7. The van der Waals surface area contributed by atoms with Crippen LogP contribution < -0.4 is 10.5 Å². The first-order valence-corrected chi connectivity index (χ1v) is 10.3. The minimum atomic E-state index is -3.88. The lowest BCUT2D eigenvalue weighted by Crippen LogP contribution is -2.14. The highest BCUT2D eigenvalue weighted by Crippen LogP contribution is 2.39. The van der Waals surface area contributed by atoms with E-state index in [4.69, 9.17) is 11.0 Å². The van der Waals surface area contributed by atoms with Gasteiger partial charge in [0, 0.05) is 29.4 Å². The van der Waals surface area contributed by atoms with Crippen LogP contribution in [0.5, 0.6) is 0 Å². The molecule has 4 rings (SSSR count). The second-order valence-corrected chi connectivity index (χ2v) is 8.43. The summed E-state index contributed by atoms with van der Waals surface area (Å²) in [4.78, 5) is 4.44. The summed E-state index contributed by atoms with van der Waals surface area (Å²) in [6.07, 6.45) is 2.81. The fraction of sp³-hybridized carbons (Fsp3) is 0.143. The van der Waals surface area contributed by atoms with Crippen LogP contribution in [0.1, 0.15) is 23.5 Å². The van der Waals surface area contributed by atoms with Crippen molar-refractivity contribution in [1.82, 2.24) is 4.98 Å². The molecule has 0 spiro atoms. The molecule has 2 aromatic carbocycles. The summed E-state index contributed by atoms with van der Waals surface area (Å²) in [6.45, 7) is 0. The molecule has 0 aliphatic heterocycles. The van der Waals surface area contributed by atoms with E-state index in [1.165, 1.54) is 12.1 Å². The van der Waals surface area contributed by atoms with Crippen LogP contribution in [0.25, 0.3) is 11.3 Å². The second kappa shape index (κ2) is 8.21. The first-order valence-electron chi connectivity index (χ1n) is 8.82. The number of halogens is 1. The molecule has 1 heterocycles. The SMILES string of the molecule is Cl.N#Cc1ccccc1S(=O)(=O)Nc1cccc(-c2ccc([C@@H]3C[C@H]3N)cn2)c1. The van der Waals surface area contributed by atoms with Crippen molar-refractivity contribution in [3.63, 3.8) is 0 Å². The third kappa shape index (κ3) is 4.40. The fourth-order valence-electron chi connectivity index (χ4n) is 3.14. The molecule has 3 aromatic rings. The molecular weight excluding hydrogens is 408 g/mol. The maximum Gasteiger partial charge on any atom is 0.263 e. The van der Waals surface area contributed by atoms with Gasteiger partial charge in [0.05, 0.1) is 11.3 Å². The Labute approximate surface area is 175 Å². The van der Waals surface area contributed by atoms with Crippen molar-refractivity contribution in [3.05, 3.63) is 78.0 Å². The highest BCUT2D eigenvalue weighted by Gasteiger charge is 2.34. The van der Waals surface area contributed by atoms with E-state index in [1.807, 2.05) is 30.5 Å². The molecule has 6 nitrogen and oxygen atoms in total. The summed E-state index contributed by atoms with van der Waals surface area (Å²) in [5, 5.41) is 9.16. The van der Waals surface area contributed by atoms with Gasteiger partial charge in [-0.25, -0.2) is 8.42 Å². The fourth-order valence-corrected chi connectivity index (χ4v) is 4.35.